The fourth-order valence-electron chi connectivity index (χ4n) is 2.45. The van der Waals surface area contributed by atoms with Gasteiger partial charge in [-0.3, -0.25) is 0 Å². The van der Waals surface area contributed by atoms with Crippen molar-refractivity contribution in [1.29, 1.82) is 0 Å². The lowest BCUT2D eigenvalue weighted by molar-refractivity contribution is 0.414. The predicted molar refractivity (Wildman–Crippen MR) is 80.7 cm³/mol. The van der Waals surface area contributed by atoms with Gasteiger partial charge in [0.05, 0.1) is 7.11 Å². The Hall–Kier alpha value is -1.80. The molecule has 0 heterocycles. The van der Waals surface area contributed by atoms with Crippen molar-refractivity contribution in [3.05, 3.63) is 53.1 Å². The molecule has 0 saturated carbocycles. The number of hydrogen-bond donors (Lipinski definition) is 1. The number of ether oxygens (including phenoxy) is 1. The molecule has 2 rings (SSSR count). The van der Waals surface area contributed by atoms with Gasteiger partial charge in [-0.05, 0) is 49.7 Å². The van der Waals surface area contributed by atoms with Crippen LogP contribution < -0.4 is 10.1 Å². The SMILES string of the molecule is CNCc1cc(OC)ccc1-c1cc(C)cc(C)c1. The first kappa shape index (κ1) is 13.6. The molecule has 19 heavy (non-hydrogen) atoms. The highest BCUT2D eigenvalue weighted by Crippen LogP contribution is 2.29. The maximum Gasteiger partial charge on any atom is 0.119 e. The Balaban J connectivity index is 2.53. The van der Waals surface area contributed by atoms with E-state index < -0.39 is 0 Å². The summed E-state index contributed by atoms with van der Waals surface area (Å²) in [5, 5.41) is 3.22. The molecule has 0 radical (unpaired) electrons. The molecule has 2 nitrogen and oxygen atoms in total. The van der Waals surface area contributed by atoms with Crippen LogP contribution >= 0.6 is 0 Å². The van der Waals surface area contributed by atoms with E-state index in [0.717, 1.165) is 12.3 Å². The molecule has 0 fully saturated rings. The van der Waals surface area contributed by atoms with E-state index in [2.05, 4.69) is 49.5 Å². The quantitative estimate of drug-likeness (QED) is 0.899. The fraction of sp³-hybridized carbons (Fsp3) is 0.294. The molecule has 0 saturated heterocycles. The average molecular weight is 255 g/mol. The highest BCUT2D eigenvalue weighted by molar-refractivity contribution is 5.69. The summed E-state index contributed by atoms with van der Waals surface area (Å²) in [6.45, 7) is 5.11. The van der Waals surface area contributed by atoms with E-state index >= 15 is 0 Å². The molecule has 2 aromatic rings. The minimum absolute atomic E-state index is 0.833. The Morgan fingerprint density at radius 2 is 1.68 bits per heavy atom. The van der Waals surface area contributed by atoms with E-state index in [1.54, 1.807) is 7.11 Å². The van der Waals surface area contributed by atoms with Gasteiger partial charge in [-0.2, -0.15) is 0 Å². The van der Waals surface area contributed by atoms with Gasteiger partial charge in [0.1, 0.15) is 5.75 Å². The van der Waals surface area contributed by atoms with Gasteiger partial charge in [-0.1, -0.05) is 35.4 Å². The molecule has 0 aromatic heterocycles. The highest BCUT2D eigenvalue weighted by atomic mass is 16.5. The van der Waals surface area contributed by atoms with E-state index in [4.69, 9.17) is 4.74 Å². The summed E-state index contributed by atoms with van der Waals surface area (Å²) < 4.78 is 5.31. The van der Waals surface area contributed by atoms with Crippen LogP contribution in [0.2, 0.25) is 0 Å². The summed E-state index contributed by atoms with van der Waals surface area (Å²) in [4.78, 5) is 0. The van der Waals surface area contributed by atoms with Crippen LogP contribution in [0.4, 0.5) is 0 Å². The van der Waals surface area contributed by atoms with Crippen LogP contribution in [-0.4, -0.2) is 14.2 Å². The molecule has 0 aliphatic rings. The molecular weight excluding hydrogens is 234 g/mol. The van der Waals surface area contributed by atoms with Gasteiger partial charge in [-0.25, -0.2) is 0 Å². The number of hydrogen-bond acceptors (Lipinski definition) is 2. The van der Waals surface area contributed by atoms with Crippen molar-refractivity contribution >= 4 is 0 Å². The summed E-state index contributed by atoms with van der Waals surface area (Å²) in [5.74, 6) is 0.901. The standard InChI is InChI=1S/C17H21NO/c1-12-7-13(2)9-14(8-12)17-6-5-16(19-4)10-15(17)11-18-3/h5-10,18H,11H2,1-4H3. The molecular formula is C17H21NO. The first-order valence-corrected chi connectivity index (χ1v) is 6.54. The molecule has 2 heteroatoms. The molecule has 0 atom stereocenters. The molecule has 0 unspecified atom stereocenters. The third kappa shape index (κ3) is 3.15. The summed E-state index contributed by atoms with van der Waals surface area (Å²) in [6, 6.07) is 12.9. The first-order valence-electron chi connectivity index (χ1n) is 6.54. The summed E-state index contributed by atoms with van der Waals surface area (Å²) in [7, 11) is 3.67. The zero-order valence-corrected chi connectivity index (χ0v) is 12.1. The third-order valence-electron chi connectivity index (χ3n) is 3.21. The van der Waals surface area contributed by atoms with E-state index in [1.165, 1.54) is 27.8 Å². The summed E-state index contributed by atoms with van der Waals surface area (Å²) in [5.41, 5.74) is 6.38. The van der Waals surface area contributed by atoms with E-state index in [-0.39, 0.29) is 0 Å². The Kier molecular flexibility index (Phi) is 4.23. The zero-order chi connectivity index (χ0) is 13.8. The zero-order valence-electron chi connectivity index (χ0n) is 12.1. The maximum atomic E-state index is 5.31. The lowest BCUT2D eigenvalue weighted by Crippen LogP contribution is -2.06. The molecule has 0 bridgehead atoms. The number of rotatable bonds is 4. The van der Waals surface area contributed by atoms with Gasteiger partial charge in [0.15, 0.2) is 0 Å². The lowest BCUT2D eigenvalue weighted by Gasteiger charge is -2.13. The summed E-state index contributed by atoms with van der Waals surface area (Å²) in [6.07, 6.45) is 0. The number of methoxy groups -OCH3 is 1. The maximum absolute atomic E-state index is 5.31. The van der Waals surface area contributed by atoms with Gasteiger partial charge >= 0.3 is 0 Å². The number of benzene rings is 2. The monoisotopic (exact) mass is 255 g/mol. The van der Waals surface area contributed by atoms with Crippen LogP contribution in [0.3, 0.4) is 0 Å². The topological polar surface area (TPSA) is 21.3 Å². The van der Waals surface area contributed by atoms with Crippen molar-refractivity contribution in [2.75, 3.05) is 14.2 Å². The minimum atomic E-state index is 0.833. The normalized spacial score (nSPS) is 10.5. The highest BCUT2D eigenvalue weighted by Gasteiger charge is 2.07. The van der Waals surface area contributed by atoms with Gasteiger partial charge in [0, 0.05) is 6.54 Å². The van der Waals surface area contributed by atoms with Gasteiger partial charge < -0.3 is 10.1 Å². The second kappa shape index (κ2) is 5.89. The van der Waals surface area contributed by atoms with Crippen molar-refractivity contribution in [2.45, 2.75) is 20.4 Å². The molecule has 0 aliphatic heterocycles. The average Bonchev–Trinajstić information content (AvgIpc) is 2.37. The molecule has 0 aliphatic carbocycles. The van der Waals surface area contributed by atoms with Gasteiger partial charge in [0.25, 0.3) is 0 Å². The fourth-order valence-corrected chi connectivity index (χ4v) is 2.45. The Morgan fingerprint density at radius 3 is 2.26 bits per heavy atom. The van der Waals surface area contributed by atoms with Crippen molar-refractivity contribution < 1.29 is 4.74 Å². The molecule has 0 spiro atoms. The largest absolute Gasteiger partial charge is 0.497 e. The second-order valence-electron chi connectivity index (χ2n) is 4.93. The van der Waals surface area contributed by atoms with Crippen molar-refractivity contribution in [3.63, 3.8) is 0 Å². The Morgan fingerprint density at radius 1 is 1.00 bits per heavy atom. The van der Waals surface area contributed by atoms with Crippen molar-refractivity contribution in [1.82, 2.24) is 5.32 Å². The van der Waals surface area contributed by atoms with Crippen LogP contribution in [0.15, 0.2) is 36.4 Å². The molecule has 0 amide bonds. The van der Waals surface area contributed by atoms with Gasteiger partial charge in [-0.15, -0.1) is 0 Å². The first-order chi connectivity index (χ1) is 9.13. The molecule has 100 valence electrons. The Labute approximate surface area is 115 Å². The third-order valence-corrected chi connectivity index (χ3v) is 3.21. The van der Waals surface area contributed by atoms with Crippen molar-refractivity contribution in [2.24, 2.45) is 0 Å². The lowest BCUT2D eigenvalue weighted by atomic mass is 9.96. The second-order valence-corrected chi connectivity index (χ2v) is 4.93. The minimum Gasteiger partial charge on any atom is -0.497 e. The number of aryl methyl sites for hydroxylation is 2. The van der Waals surface area contributed by atoms with Crippen LogP contribution in [0.1, 0.15) is 16.7 Å². The Bertz CT molecular complexity index is 555. The van der Waals surface area contributed by atoms with Crippen LogP contribution in [-0.2, 0) is 6.54 Å². The van der Waals surface area contributed by atoms with Crippen LogP contribution in [0.5, 0.6) is 5.75 Å². The van der Waals surface area contributed by atoms with E-state index in [9.17, 15) is 0 Å². The van der Waals surface area contributed by atoms with Crippen LogP contribution in [0, 0.1) is 13.8 Å². The smallest absolute Gasteiger partial charge is 0.119 e. The van der Waals surface area contributed by atoms with Crippen molar-refractivity contribution in [3.8, 4) is 16.9 Å². The summed E-state index contributed by atoms with van der Waals surface area (Å²) >= 11 is 0. The predicted octanol–water partition coefficient (Wildman–Crippen LogP) is 3.70. The van der Waals surface area contributed by atoms with E-state index in [1.807, 2.05) is 13.1 Å². The molecule has 1 N–H and O–H groups in total. The number of nitrogens with one attached hydrogen (secondary N) is 1. The van der Waals surface area contributed by atoms with Crippen LogP contribution in [0.25, 0.3) is 11.1 Å². The van der Waals surface area contributed by atoms with E-state index in [0.29, 0.717) is 0 Å². The van der Waals surface area contributed by atoms with Gasteiger partial charge in [0.2, 0.25) is 0 Å². The molecule has 2 aromatic carbocycles.